The van der Waals surface area contributed by atoms with Crippen molar-refractivity contribution in [1.82, 2.24) is 10.2 Å². The first-order valence-corrected chi connectivity index (χ1v) is 7.79. The fourth-order valence-electron chi connectivity index (χ4n) is 2.41. The Hall–Kier alpha value is -2.17. The molecule has 0 aliphatic heterocycles. The fraction of sp³-hybridized carbons (Fsp3) is 0.316. The van der Waals surface area contributed by atoms with Crippen molar-refractivity contribution in [2.75, 3.05) is 20.6 Å². The molecule has 0 fully saturated rings. The van der Waals surface area contributed by atoms with Crippen LogP contribution < -0.4 is 5.32 Å². The molecule has 0 saturated heterocycles. The Morgan fingerprint density at radius 2 is 1.74 bits per heavy atom. The second-order valence-electron chi connectivity index (χ2n) is 5.92. The van der Waals surface area contributed by atoms with Crippen molar-refractivity contribution in [3.05, 3.63) is 70.8 Å². The van der Waals surface area contributed by atoms with E-state index in [9.17, 15) is 4.79 Å². The molecule has 0 heterocycles. The van der Waals surface area contributed by atoms with Gasteiger partial charge in [0.15, 0.2) is 0 Å². The first kappa shape index (κ1) is 17.2. The summed E-state index contributed by atoms with van der Waals surface area (Å²) in [5.41, 5.74) is 3.86. The Morgan fingerprint density at radius 3 is 2.39 bits per heavy atom. The number of aliphatic hydroxyl groups is 1. The van der Waals surface area contributed by atoms with Crippen molar-refractivity contribution in [3.8, 4) is 0 Å². The molecule has 0 spiro atoms. The minimum atomic E-state index is -0.0439. The van der Waals surface area contributed by atoms with Gasteiger partial charge in [0.25, 0.3) is 5.91 Å². The molecule has 0 atom stereocenters. The lowest BCUT2D eigenvalue weighted by atomic mass is 10.1. The summed E-state index contributed by atoms with van der Waals surface area (Å²) < 4.78 is 0. The molecule has 0 aromatic heterocycles. The van der Waals surface area contributed by atoms with Crippen molar-refractivity contribution >= 4 is 5.91 Å². The molecule has 0 aliphatic rings. The number of nitrogens with zero attached hydrogens (tertiary/aromatic N) is 1. The molecule has 0 unspecified atom stereocenters. The monoisotopic (exact) mass is 312 g/mol. The van der Waals surface area contributed by atoms with Gasteiger partial charge < -0.3 is 15.3 Å². The zero-order valence-corrected chi connectivity index (χ0v) is 13.7. The first-order chi connectivity index (χ1) is 11.1. The summed E-state index contributed by atoms with van der Waals surface area (Å²) in [5, 5.41) is 12.0. The third-order valence-corrected chi connectivity index (χ3v) is 3.59. The predicted octanol–water partition coefficient (Wildman–Crippen LogP) is 2.21. The molecular weight excluding hydrogens is 288 g/mol. The summed E-state index contributed by atoms with van der Waals surface area (Å²) in [5.74, 6) is -0.0439. The number of nitrogens with one attached hydrogen (secondary N) is 1. The summed E-state index contributed by atoms with van der Waals surface area (Å²) >= 11 is 0. The SMILES string of the molecule is CN(C)Cc1cccc(C(=O)NCCc2ccc(CO)cc2)c1. The van der Waals surface area contributed by atoms with E-state index in [0.717, 1.165) is 29.7 Å². The van der Waals surface area contributed by atoms with Crippen molar-refractivity contribution in [2.45, 2.75) is 19.6 Å². The van der Waals surface area contributed by atoms with Crippen molar-refractivity contribution < 1.29 is 9.90 Å². The van der Waals surface area contributed by atoms with Gasteiger partial charge in [0, 0.05) is 18.7 Å². The van der Waals surface area contributed by atoms with Gasteiger partial charge in [-0.05, 0) is 49.3 Å². The average molecular weight is 312 g/mol. The highest BCUT2D eigenvalue weighted by Gasteiger charge is 2.06. The topological polar surface area (TPSA) is 52.6 Å². The zero-order chi connectivity index (χ0) is 16.7. The Kier molecular flexibility index (Phi) is 6.32. The van der Waals surface area contributed by atoms with Gasteiger partial charge in [-0.2, -0.15) is 0 Å². The maximum absolute atomic E-state index is 12.2. The van der Waals surface area contributed by atoms with E-state index in [1.165, 1.54) is 0 Å². The van der Waals surface area contributed by atoms with Crippen LogP contribution in [0.1, 0.15) is 27.0 Å². The molecule has 4 heteroatoms. The van der Waals surface area contributed by atoms with E-state index in [0.29, 0.717) is 12.1 Å². The van der Waals surface area contributed by atoms with Crippen LogP contribution in [0.25, 0.3) is 0 Å². The molecule has 122 valence electrons. The summed E-state index contributed by atoms with van der Waals surface area (Å²) in [6, 6.07) is 15.5. The van der Waals surface area contributed by atoms with E-state index < -0.39 is 0 Å². The van der Waals surface area contributed by atoms with Gasteiger partial charge in [-0.1, -0.05) is 36.4 Å². The van der Waals surface area contributed by atoms with Crippen LogP contribution in [0.2, 0.25) is 0 Å². The van der Waals surface area contributed by atoms with E-state index in [-0.39, 0.29) is 12.5 Å². The number of hydrogen-bond acceptors (Lipinski definition) is 3. The summed E-state index contributed by atoms with van der Waals surface area (Å²) in [6.07, 6.45) is 0.773. The molecule has 0 radical (unpaired) electrons. The number of amides is 1. The highest BCUT2D eigenvalue weighted by atomic mass is 16.3. The summed E-state index contributed by atoms with van der Waals surface area (Å²) in [6.45, 7) is 1.47. The smallest absolute Gasteiger partial charge is 0.251 e. The van der Waals surface area contributed by atoms with Crippen LogP contribution >= 0.6 is 0 Å². The van der Waals surface area contributed by atoms with Crippen molar-refractivity contribution in [3.63, 3.8) is 0 Å². The van der Waals surface area contributed by atoms with E-state index >= 15 is 0 Å². The number of hydrogen-bond donors (Lipinski definition) is 2. The molecule has 2 N–H and O–H groups in total. The molecule has 0 saturated carbocycles. The molecule has 0 bridgehead atoms. The highest BCUT2D eigenvalue weighted by Crippen LogP contribution is 2.08. The Labute approximate surface area is 137 Å². The third kappa shape index (κ3) is 5.51. The van der Waals surface area contributed by atoms with Crippen LogP contribution in [0.5, 0.6) is 0 Å². The number of carbonyl (C=O) groups excluding carboxylic acids is 1. The molecule has 2 aromatic carbocycles. The fourth-order valence-corrected chi connectivity index (χ4v) is 2.41. The van der Waals surface area contributed by atoms with Gasteiger partial charge in [0.1, 0.15) is 0 Å². The van der Waals surface area contributed by atoms with Crippen LogP contribution in [0.3, 0.4) is 0 Å². The largest absolute Gasteiger partial charge is 0.392 e. The molecule has 23 heavy (non-hydrogen) atoms. The van der Waals surface area contributed by atoms with Gasteiger partial charge >= 0.3 is 0 Å². The van der Waals surface area contributed by atoms with Crippen LogP contribution in [-0.2, 0) is 19.6 Å². The lowest BCUT2D eigenvalue weighted by molar-refractivity contribution is 0.0954. The molecular formula is C19H24N2O2. The lowest BCUT2D eigenvalue weighted by Crippen LogP contribution is -2.25. The standard InChI is InChI=1S/C19H24N2O2/c1-21(2)13-17-4-3-5-18(12-17)19(23)20-11-10-15-6-8-16(14-22)9-7-15/h3-9,12,22H,10-11,13-14H2,1-2H3,(H,20,23). The highest BCUT2D eigenvalue weighted by molar-refractivity contribution is 5.94. The summed E-state index contributed by atoms with van der Waals surface area (Å²) in [7, 11) is 4.02. The minimum Gasteiger partial charge on any atom is -0.392 e. The normalized spacial score (nSPS) is 10.8. The third-order valence-electron chi connectivity index (χ3n) is 3.59. The maximum atomic E-state index is 12.2. The predicted molar refractivity (Wildman–Crippen MR) is 92.2 cm³/mol. The van der Waals surface area contributed by atoms with Gasteiger partial charge in [0.2, 0.25) is 0 Å². The molecule has 1 amide bonds. The Balaban J connectivity index is 1.86. The van der Waals surface area contributed by atoms with Crippen molar-refractivity contribution in [1.29, 1.82) is 0 Å². The van der Waals surface area contributed by atoms with E-state index in [4.69, 9.17) is 5.11 Å². The Bertz CT molecular complexity index is 636. The first-order valence-electron chi connectivity index (χ1n) is 7.79. The lowest BCUT2D eigenvalue weighted by Gasteiger charge is -2.11. The average Bonchev–Trinajstić information content (AvgIpc) is 2.55. The molecule has 2 rings (SSSR count). The molecule has 4 nitrogen and oxygen atoms in total. The quantitative estimate of drug-likeness (QED) is 0.824. The van der Waals surface area contributed by atoms with E-state index in [1.807, 2.05) is 62.6 Å². The van der Waals surface area contributed by atoms with Gasteiger partial charge in [0.05, 0.1) is 6.61 Å². The van der Waals surface area contributed by atoms with Crippen LogP contribution in [-0.4, -0.2) is 36.6 Å². The van der Waals surface area contributed by atoms with Crippen LogP contribution in [0.15, 0.2) is 48.5 Å². The minimum absolute atomic E-state index is 0.0439. The molecule has 2 aromatic rings. The van der Waals surface area contributed by atoms with Gasteiger partial charge in [-0.3, -0.25) is 4.79 Å². The number of rotatable bonds is 7. The van der Waals surface area contributed by atoms with E-state index in [1.54, 1.807) is 0 Å². The van der Waals surface area contributed by atoms with Crippen LogP contribution in [0, 0.1) is 0 Å². The van der Waals surface area contributed by atoms with Gasteiger partial charge in [-0.25, -0.2) is 0 Å². The number of aliphatic hydroxyl groups excluding tert-OH is 1. The number of benzene rings is 2. The van der Waals surface area contributed by atoms with Crippen LogP contribution in [0.4, 0.5) is 0 Å². The molecule has 0 aliphatic carbocycles. The second-order valence-corrected chi connectivity index (χ2v) is 5.92. The zero-order valence-electron chi connectivity index (χ0n) is 13.7. The van der Waals surface area contributed by atoms with E-state index in [2.05, 4.69) is 10.2 Å². The maximum Gasteiger partial charge on any atom is 0.251 e. The second kappa shape index (κ2) is 8.46. The van der Waals surface area contributed by atoms with Gasteiger partial charge in [-0.15, -0.1) is 0 Å². The van der Waals surface area contributed by atoms with Crippen molar-refractivity contribution in [2.24, 2.45) is 0 Å². The summed E-state index contributed by atoms with van der Waals surface area (Å²) in [4.78, 5) is 14.3. The Morgan fingerprint density at radius 1 is 1.04 bits per heavy atom. The number of carbonyl (C=O) groups is 1.